The van der Waals surface area contributed by atoms with Gasteiger partial charge >= 0.3 is 0 Å². The summed E-state index contributed by atoms with van der Waals surface area (Å²) in [6, 6.07) is 5.70. The Bertz CT molecular complexity index is 1140. The first-order chi connectivity index (χ1) is 14.9. The number of sulfonamides is 1. The molecule has 1 aliphatic carbocycles. The summed E-state index contributed by atoms with van der Waals surface area (Å²) in [6.07, 6.45) is 6.25. The predicted octanol–water partition coefficient (Wildman–Crippen LogP) is 3.79. The van der Waals surface area contributed by atoms with E-state index in [4.69, 9.17) is 0 Å². The summed E-state index contributed by atoms with van der Waals surface area (Å²) in [6.45, 7) is 7.68. The lowest BCUT2D eigenvalue weighted by atomic mass is 9.89. The molecule has 1 fully saturated rings. The largest absolute Gasteiger partial charge is 0.270 e. The van der Waals surface area contributed by atoms with Crippen LogP contribution in [0.25, 0.3) is 11.3 Å². The number of hydrogen-bond donors (Lipinski definition) is 0. The molecule has 4 rings (SSSR count). The number of fused-ring (bicyclic) bond motifs is 1. The third-order valence-corrected chi connectivity index (χ3v) is 8.67. The molecule has 0 amide bonds. The number of aryl methyl sites for hydroxylation is 2. The van der Waals surface area contributed by atoms with Crippen LogP contribution >= 0.6 is 0 Å². The van der Waals surface area contributed by atoms with Crippen LogP contribution in [0.3, 0.4) is 0 Å². The summed E-state index contributed by atoms with van der Waals surface area (Å²) in [5.41, 5.74) is 4.25. The van der Waals surface area contributed by atoms with Gasteiger partial charge in [-0.3, -0.25) is 4.79 Å². The Labute approximate surface area is 185 Å². The quantitative estimate of drug-likeness (QED) is 0.705. The van der Waals surface area contributed by atoms with Crippen molar-refractivity contribution in [1.82, 2.24) is 14.1 Å². The number of nitrogens with zero attached hydrogens (tertiary/aromatic N) is 3. The molecule has 6 nitrogen and oxygen atoms in total. The van der Waals surface area contributed by atoms with Crippen LogP contribution in [0, 0.1) is 5.92 Å². The van der Waals surface area contributed by atoms with Gasteiger partial charge in [-0.1, -0.05) is 26.0 Å². The Morgan fingerprint density at radius 3 is 2.52 bits per heavy atom. The summed E-state index contributed by atoms with van der Waals surface area (Å²) in [5.74, 6) is 0.374. The van der Waals surface area contributed by atoms with Gasteiger partial charge in [0.15, 0.2) is 0 Å². The maximum Gasteiger partial charge on any atom is 0.270 e. The predicted molar refractivity (Wildman–Crippen MR) is 123 cm³/mol. The van der Waals surface area contributed by atoms with Crippen LogP contribution in [0.2, 0.25) is 0 Å². The van der Waals surface area contributed by atoms with Crippen molar-refractivity contribution < 1.29 is 8.42 Å². The van der Waals surface area contributed by atoms with Crippen LogP contribution in [-0.4, -0.2) is 35.6 Å². The van der Waals surface area contributed by atoms with E-state index in [2.05, 4.69) is 12.0 Å². The van der Waals surface area contributed by atoms with Gasteiger partial charge in [0.1, 0.15) is 0 Å². The molecule has 1 aliphatic heterocycles. The zero-order chi connectivity index (χ0) is 22.2. The monoisotopic (exact) mass is 443 g/mol. The summed E-state index contributed by atoms with van der Waals surface area (Å²) in [5, 5.41) is 4.67. The molecule has 1 aromatic heterocycles. The number of benzene rings is 1. The molecule has 0 radical (unpaired) electrons. The highest BCUT2D eigenvalue weighted by Crippen LogP contribution is 2.33. The molecule has 168 valence electrons. The summed E-state index contributed by atoms with van der Waals surface area (Å²) in [4.78, 5) is 13.2. The zero-order valence-corrected chi connectivity index (χ0v) is 19.7. The van der Waals surface area contributed by atoms with Gasteiger partial charge in [-0.05, 0) is 75.0 Å². The van der Waals surface area contributed by atoms with Crippen LogP contribution in [0.4, 0.5) is 0 Å². The van der Waals surface area contributed by atoms with E-state index in [1.54, 1.807) is 10.4 Å². The Kier molecular flexibility index (Phi) is 6.35. The van der Waals surface area contributed by atoms with Crippen LogP contribution in [0.1, 0.15) is 63.1 Å². The van der Waals surface area contributed by atoms with E-state index in [0.29, 0.717) is 36.9 Å². The number of rotatable bonds is 5. The van der Waals surface area contributed by atoms with Crippen LogP contribution in [0.5, 0.6) is 0 Å². The van der Waals surface area contributed by atoms with Gasteiger partial charge in [-0.2, -0.15) is 9.40 Å². The molecule has 2 heterocycles. The lowest BCUT2D eigenvalue weighted by Gasteiger charge is -2.30. The third kappa shape index (κ3) is 4.10. The van der Waals surface area contributed by atoms with Crippen molar-refractivity contribution >= 4 is 10.0 Å². The average Bonchev–Trinajstić information content (AvgIpc) is 2.79. The third-order valence-electron chi connectivity index (χ3n) is 6.73. The van der Waals surface area contributed by atoms with Crippen LogP contribution in [0.15, 0.2) is 27.9 Å². The smallest absolute Gasteiger partial charge is 0.267 e. The molecule has 0 unspecified atom stereocenters. The molecular formula is C24H33N3O3S. The molecule has 2 aliphatic rings. The fourth-order valence-corrected chi connectivity index (χ4v) is 6.89. The first-order valence-electron chi connectivity index (χ1n) is 11.6. The molecule has 0 saturated carbocycles. The molecule has 1 saturated heterocycles. The Morgan fingerprint density at radius 2 is 1.84 bits per heavy atom. The van der Waals surface area contributed by atoms with Crippen molar-refractivity contribution in [3.05, 3.63) is 45.2 Å². The topological polar surface area (TPSA) is 72.3 Å². The molecule has 31 heavy (non-hydrogen) atoms. The van der Waals surface area contributed by atoms with E-state index in [0.717, 1.165) is 66.5 Å². The molecule has 1 aromatic carbocycles. The SMILES string of the molecule is CCc1ccc(-c2nn(CC)c(=O)c3c2CCCC3)cc1S(=O)(=O)N1CCC[C@@H](C)C1. The fraction of sp³-hybridized carbons (Fsp3) is 0.583. The lowest BCUT2D eigenvalue weighted by molar-refractivity contribution is 0.281. The summed E-state index contributed by atoms with van der Waals surface area (Å²) >= 11 is 0. The molecule has 2 aromatic rings. The fourth-order valence-electron chi connectivity index (χ4n) is 4.97. The highest BCUT2D eigenvalue weighted by atomic mass is 32.2. The second-order valence-corrected chi connectivity index (χ2v) is 10.8. The highest BCUT2D eigenvalue weighted by molar-refractivity contribution is 7.89. The minimum Gasteiger partial charge on any atom is -0.267 e. The van der Waals surface area contributed by atoms with Crippen molar-refractivity contribution in [2.24, 2.45) is 5.92 Å². The molecule has 1 atom stereocenters. The Balaban J connectivity index is 1.86. The molecule has 0 spiro atoms. The maximum absolute atomic E-state index is 13.6. The van der Waals surface area contributed by atoms with Gasteiger partial charge in [0.2, 0.25) is 10.0 Å². The van der Waals surface area contributed by atoms with E-state index >= 15 is 0 Å². The van der Waals surface area contributed by atoms with E-state index < -0.39 is 10.0 Å². The van der Waals surface area contributed by atoms with E-state index in [-0.39, 0.29) is 5.56 Å². The molecule has 7 heteroatoms. The maximum atomic E-state index is 13.6. The van der Waals surface area contributed by atoms with Gasteiger partial charge in [-0.25, -0.2) is 13.1 Å². The van der Waals surface area contributed by atoms with E-state index in [1.165, 1.54) is 4.68 Å². The molecule has 0 N–H and O–H groups in total. The summed E-state index contributed by atoms with van der Waals surface area (Å²) < 4.78 is 30.4. The minimum absolute atomic E-state index is 0.00118. The second-order valence-electron chi connectivity index (χ2n) is 8.92. The van der Waals surface area contributed by atoms with Gasteiger partial charge in [0.05, 0.1) is 10.6 Å². The van der Waals surface area contributed by atoms with Crippen LogP contribution in [-0.2, 0) is 35.8 Å². The zero-order valence-electron chi connectivity index (χ0n) is 18.9. The summed E-state index contributed by atoms with van der Waals surface area (Å²) in [7, 11) is -3.58. The Hall–Kier alpha value is -1.99. The normalized spacial score (nSPS) is 19.9. The lowest BCUT2D eigenvalue weighted by Crippen LogP contribution is -2.39. The highest BCUT2D eigenvalue weighted by Gasteiger charge is 2.31. The van der Waals surface area contributed by atoms with Crippen molar-refractivity contribution in [2.45, 2.75) is 77.2 Å². The number of piperidine rings is 1. The van der Waals surface area contributed by atoms with Crippen molar-refractivity contribution in [1.29, 1.82) is 0 Å². The van der Waals surface area contributed by atoms with E-state index in [9.17, 15) is 13.2 Å². The standard InChI is InChI=1S/C24H33N3O3S/c1-4-18-12-13-19(15-22(18)31(29,30)26-14-8-9-17(3)16-26)23-20-10-6-7-11-21(20)24(28)27(5-2)25-23/h12-13,15,17H,4-11,14,16H2,1-3H3/t17-/m1/s1. The first-order valence-corrected chi connectivity index (χ1v) is 13.1. The number of aromatic nitrogens is 2. The Morgan fingerprint density at radius 1 is 1.10 bits per heavy atom. The number of hydrogen-bond acceptors (Lipinski definition) is 4. The molecular weight excluding hydrogens is 410 g/mol. The van der Waals surface area contributed by atoms with Crippen molar-refractivity contribution in [3.8, 4) is 11.3 Å². The van der Waals surface area contributed by atoms with Crippen LogP contribution < -0.4 is 5.56 Å². The average molecular weight is 444 g/mol. The minimum atomic E-state index is -3.58. The van der Waals surface area contributed by atoms with Gasteiger partial charge in [0, 0.05) is 30.8 Å². The molecule has 0 bridgehead atoms. The van der Waals surface area contributed by atoms with Crippen molar-refractivity contribution in [3.63, 3.8) is 0 Å². The second kappa shape index (κ2) is 8.87. The van der Waals surface area contributed by atoms with Gasteiger partial charge < -0.3 is 0 Å². The first kappa shape index (κ1) is 22.2. The van der Waals surface area contributed by atoms with Crippen molar-refractivity contribution in [2.75, 3.05) is 13.1 Å². The van der Waals surface area contributed by atoms with Gasteiger partial charge in [-0.15, -0.1) is 0 Å². The van der Waals surface area contributed by atoms with Gasteiger partial charge in [0.25, 0.3) is 5.56 Å². The van der Waals surface area contributed by atoms with E-state index in [1.807, 2.05) is 26.0 Å².